The molecule has 0 bridgehead atoms. The number of nitrogens with zero attached hydrogens (tertiary/aromatic N) is 2. The van der Waals surface area contributed by atoms with Crippen LogP contribution in [-0.2, 0) is 6.54 Å². The molecule has 0 saturated heterocycles. The molecule has 0 unspecified atom stereocenters. The van der Waals surface area contributed by atoms with Gasteiger partial charge in [0.15, 0.2) is 5.76 Å². The number of carbonyl (C=O) groups excluding carboxylic acids is 1. The molecule has 25 heavy (non-hydrogen) atoms. The molecule has 0 atom stereocenters. The lowest BCUT2D eigenvalue weighted by atomic mass is 10.1. The Labute approximate surface area is 144 Å². The molecule has 3 heterocycles. The number of hydrogen-bond donors (Lipinski definition) is 1. The zero-order valence-corrected chi connectivity index (χ0v) is 13.3. The monoisotopic (exact) mass is 329 g/mol. The second kappa shape index (κ2) is 6.57. The molecule has 0 fully saturated rings. The van der Waals surface area contributed by atoms with Gasteiger partial charge in [-0.1, -0.05) is 30.3 Å². The van der Waals surface area contributed by atoms with Crippen LogP contribution < -0.4 is 5.32 Å². The number of fused-ring (bicyclic) bond motifs is 1. The predicted molar refractivity (Wildman–Crippen MR) is 94.9 cm³/mol. The second-order valence-corrected chi connectivity index (χ2v) is 5.55. The van der Waals surface area contributed by atoms with Gasteiger partial charge < -0.3 is 9.73 Å². The molecule has 0 aliphatic heterocycles. The first-order valence-corrected chi connectivity index (χ1v) is 7.92. The zero-order chi connectivity index (χ0) is 17.1. The van der Waals surface area contributed by atoms with Crippen LogP contribution in [0.1, 0.15) is 16.1 Å². The van der Waals surface area contributed by atoms with E-state index in [0.29, 0.717) is 18.0 Å². The number of benzene rings is 1. The number of pyridine rings is 2. The van der Waals surface area contributed by atoms with Crippen molar-refractivity contribution in [3.05, 3.63) is 84.5 Å². The summed E-state index contributed by atoms with van der Waals surface area (Å²) in [6, 6.07) is 17.0. The Hall–Kier alpha value is -3.47. The fourth-order valence-electron chi connectivity index (χ4n) is 2.78. The smallest absolute Gasteiger partial charge is 0.270 e. The molecule has 4 aromatic rings. The Bertz CT molecular complexity index is 1020. The van der Waals surface area contributed by atoms with Crippen LogP contribution in [0.4, 0.5) is 0 Å². The highest BCUT2D eigenvalue weighted by molar-refractivity contribution is 6.05. The van der Waals surface area contributed by atoms with E-state index >= 15 is 0 Å². The number of nitrogens with one attached hydrogen (secondary N) is 1. The van der Waals surface area contributed by atoms with Crippen LogP contribution in [0.3, 0.4) is 0 Å². The Kier molecular flexibility index (Phi) is 3.96. The number of furan rings is 1. The lowest BCUT2D eigenvalue weighted by molar-refractivity contribution is 0.0948. The van der Waals surface area contributed by atoms with Crippen molar-refractivity contribution in [3.8, 4) is 11.5 Å². The fourth-order valence-corrected chi connectivity index (χ4v) is 2.78. The summed E-state index contributed by atoms with van der Waals surface area (Å²) in [5.41, 5.74) is 2.02. The summed E-state index contributed by atoms with van der Waals surface area (Å²) in [6.07, 6.45) is 4.96. The maximum atomic E-state index is 12.6. The van der Waals surface area contributed by atoms with Crippen molar-refractivity contribution in [1.82, 2.24) is 15.3 Å². The minimum Gasteiger partial charge on any atom is -0.463 e. The fraction of sp³-hybridized carbons (Fsp3) is 0.0500. The summed E-state index contributed by atoms with van der Waals surface area (Å²) in [5, 5.41) is 4.75. The summed E-state index contributed by atoms with van der Waals surface area (Å²) in [5.74, 6) is 0.458. The number of rotatable bonds is 4. The van der Waals surface area contributed by atoms with Gasteiger partial charge in [0.1, 0.15) is 11.4 Å². The van der Waals surface area contributed by atoms with Crippen LogP contribution >= 0.6 is 0 Å². The topological polar surface area (TPSA) is 68.0 Å². The van der Waals surface area contributed by atoms with E-state index in [1.165, 1.54) is 0 Å². The van der Waals surface area contributed by atoms with E-state index in [1.807, 2.05) is 54.6 Å². The molecular weight excluding hydrogens is 314 g/mol. The Balaban J connectivity index is 1.59. The van der Waals surface area contributed by atoms with Crippen LogP contribution in [0.5, 0.6) is 0 Å². The number of aromatic nitrogens is 2. The van der Waals surface area contributed by atoms with E-state index in [2.05, 4.69) is 15.3 Å². The van der Waals surface area contributed by atoms with Crippen molar-refractivity contribution in [2.45, 2.75) is 6.54 Å². The summed E-state index contributed by atoms with van der Waals surface area (Å²) in [6.45, 7) is 0.341. The summed E-state index contributed by atoms with van der Waals surface area (Å²) in [7, 11) is 0. The number of carbonyl (C=O) groups is 1. The van der Waals surface area contributed by atoms with Crippen LogP contribution in [0.15, 0.2) is 77.7 Å². The Morgan fingerprint density at radius 2 is 1.88 bits per heavy atom. The lowest BCUT2D eigenvalue weighted by Gasteiger charge is -2.09. The third-order valence-electron chi connectivity index (χ3n) is 3.97. The van der Waals surface area contributed by atoms with Gasteiger partial charge in [-0.05, 0) is 29.7 Å². The average molecular weight is 329 g/mol. The molecular formula is C20H15N3O2. The first-order valence-electron chi connectivity index (χ1n) is 7.92. The Morgan fingerprint density at radius 3 is 2.76 bits per heavy atom. The van der Waals surface area contributed by atoms with Crippen LogP contribution in [-0.4, -0.2) is 15.9 Å². The van der Waals surface area contributed by atoms with Gasteiger partial charge in [-0.15, -0.1) is 0 Å². The van der Waals surface area contributed by atoms with Crippen LogP contribution in [0.25, 0.3) is 22.2 Å². The molecule has 122 valence electrons. The molecule has 4 rings (SSSR count). The van der Waals surface area contributed by atoms with Gasteiger partial charge in [-0.3, -0.25) is 14.8 Å². The molecule has 1 amide bonds. The minimum absolute atomic E-state index is 0.217. The van der Waals surface area contributed by atoms with E-state index in [9.17, 15) is 4.79 Å². The second-order valence-electron chi connectivity index (χ2n) is 5.55. The zero-order valence-electron chi connectivity index (χ0n) is 13.3. The van der Waals surface area contributed by atoms with Gasteiger partial charge in [0.25, 0.3) is 5.91 Å². The van der Waals surface area contributed by atoms with E-state index in [4.69, 9.17) is 4.42 Å². The van der Waals surface area contributed by atoms with Crippen molar-refractivity contribution in [1.29, 1.82) is 0 Å². The van der Waals surface area contributed by atoms with Crippen molar-refractivity contribution in [2.75, 3.05) is 0 Å². The highest BCUT2D eigenvalue weighted by Crippen LogP contribution is 2.22. The standard InChI is InChI=1S/C20H15N3O2/c24-20(19-16-7-2-1-5-14(16)9-11-22-19)23-13-15-6-3-10-21-18(15)17-8-4-12-25-17/h1-12H,13H2,(H,23,24). The minimum atomic E-state index is -0.217. The first-order chi connectivity index (χ1) is 12.3. The molecule has 1 aromatic carbocycles. The first kappa shape index (κ1) is 15.1. The molecule has 0 aliphatic rings. The third-order valence-corrected chi connectivity index (χ3v) is 3.97. The van der Waals surface area contributed by atoms with Gasteiger partial charge in [0.2, 0.25) is 0 Å². The maximum absolute atomic E-state index is 12.6. The van der Waals surface area contributed by atoms with Crippen LogP contribution in [0, 0.1) is 0 Å². The molecule has 0 radical (unpaired) electrons. The van der Waals surface area contributed by atoms with Crippen molar-refractivity contribution in [2.24, 2.45) is 0 Å². The highest BCUT2D eigenvalue weighted by atomic mass is 16.3. The molecule has 0 spiro atoms. The van der Waals surface area contributed by atoms with E-state index < -0.39 is 0 Å². The van der Waals surface area contributed by atoms with E-state index in [1.54, 1.807) is 18.7 Å². The molecule has 3 aromatic heterocycles. The molecule has 0 aliphatic carbocycles. The highest BCUT2D eigenvalue weighted by Gasteiger charge is 2.13. The lowest BCUT2D eigenvalue weighted by Crippen LogP contribution is -2.24. The molecule has 5 heteroatoms. The summed E-state index contributed by atoms with van der Waals surface area (Å²) >= 11 is 0. The molecule has 1 N–H and O–H groups in total. The van der Waals surface area contributed by atoms with E-state index in [-0.39, 0.29) is 5.91 Å². The normalized spacial score (nSPS) is 10.7. The van der Waals surface area contributed by atoms with Gasteiger partial charge in [-0.2, -0.15) is 0 Å². The van der Waals surface area contributed by atoms with Crippen molar-refractivity contribution >= 4 is 16.7 Å². The predicted octanol–water partition coefficient (Wildman–Crippen LogP) is 3.82. The van der Waals surface area contributed by atoms with Gasteiger partial charge >= 0.3 is 0 Å². The van der Waals surface area contributed by atoms with Crippen molar-refractivity contribution in [3.63, 3.8) is 0 Å². The van der Waals surface area contributed by atoms with Gasteiger partial charge in [-0.25, -0.2) is 0 Å². The number of hydrogen-bond acceptors (Lipinski definition) is 4. The number of amides is 1. The largest absolute Gasteiger partial charge is 0.463 e. The van der Waals surface area contributed by atoms with Crippen molar-refractivity contribution < 1.29 is 9.21 Å². The van der Waals surface area contributed by atoms with Crippen LogP contribution in [0.2, 0.25) is 0 Å². The molecule has 5 nitrogen and oxygen atoms in total. The van der Waals surface area contributed by atoms with Gasteiger partial charge in [0, 0.05) is 29.9 Å². The van der Waals surface area contributed by atoms with Gasteiger partial charge in [0.05, 0.1) is 6.26 Å². The summed E-state index contributed by atoms with van der Waals surface area (Å²) < 4.78 is 5.42. The maximum Gasteiger partial charge on any atom is 0.270 e. The molecule has 0 saturated carbocycles. The summed E-state index contributed by atoms with van der Waals surface area (Å²) in [4.78, 5) is 21.2. The quantitative estimate of drug-likeness (QED) is 0.618. The Morgan fingerprint density at radius 1 is 0.960 bits per heavy atom. The average Bonchev–Trinajstić information content (AvgIpc) is 3.20. The SMILES string of the molecule is O=C(NCc1cccnc1-c1ccco1)c1nccc2ccccc12. The third kappa shape index (κ3) is 2.99. The van der Waals surface area contributed by atoms with E-state index in [0.717, 1.165) is 22.0 Å².